The Labute approximate surface area is 190 Å². The van der Waals surface area contributed by atoms with Crippen molar-refractivity contribution in [3.8, 4) is 0 Å². The Kier molecular flexibility index (Phi) is 14.0. The highest BCUT2D eigenvalue weighted by atomic mass is 32.2. The molecule has 0 fully saturated rings. The fourth-order valence-electron chi connectivity index (χ4n) is 3.11. The second-order valence-electron chi connectivity index (χ2n) is 8.60. The SMILES string of the molecule is CCCC(=O)N(C)[C@H](CSCCCC(CO)CO)C(=O)N(C)[C@@H](CC(C)(C)O)C(N)=O. The van der Waals surface area contributed by atoms with Crippen LogP contribution in [0.5, 0.6) is 0 Å². The second-order valence-corrected chi connectivity index (χ2v) is 9.75. The van der Waals surface area contributed by atoms with Crippen molar-refractivity contribution in [1.29, 1.82) is 0 Å². The minimum absolute atomic E-state index is 0.0131. The van der Waals surface area contributed by atoms with Gasteiger partial charge >= 0.3 is 0 Å². The van der Waals surface area contributed by atoms with Gasteiger partial charge in [0.05, 0.1) is 5.60 Å². The zero-order chi connectivity index (χ0) is 24.2. The van der Waals surface area contributed by atoms with Crippen LogP contribution in [-0.4, -0.2) is 99.3 Å². The van der Waals surface area contributed by atoms with Gasteiger partial charge in [-0.25, -0.2) is 0 Å². The Balaban J connectivity index is 5.31. The number of hydrogen-bond acceptors (Lipinski definition) is 7. The zero-order valence-corrected chi connectivity index (χ0v) is 20.4. The van der Waals surface area contributed by atoms with Gasteiger partial charge in [-0.1, -0.05) is 6.92 Å². The van der Waals surface area contributed by atoms with Gasteiger partial charge in [0.15, 0.2) is 0 Å². The minimum atomic E-state index is -1.20. The van der Waals surface area contributed by atoms with E-state index in [1.165, 1.54) is 42.5 Å². The van der Waals surface area contributed by atoms with Crippen LogP contribution >= 0.6 is 11.8 Å². The molecule has 0 unspecified atom stereocenters. The molecule has 5 N–H and O–H groups in total. The van der Waals surface area contributed by atoms with Crippen LogP contribution in [0.25, 0.3) is 0 Å². The Bertz CT molecular complexity index is 566. The number of amides is 3. The van der Waals surface area contributed by atoms with E-state index in [2.05, 4.69) is 0 Å². The van der Waals surface area contributed by atoms with E-state index >= 15 is 0 Å². The molecule has 0 rings (SSSR count). The average Bonchev–Trinajstić information content (AvgIpc) is 2.69. The maximum absolute atomic E-state index is 13.3. The van der Waals surface area contributed by atoms with Gasteiger partial charge in [0.1, 0.15) is 12.1 Å². The van der Waals surface area contributed by atoms with Crippen LogP contribution in [-0.2, 0) is 14.4 Å². The summed E-state index contributed by atoms with van der Waals surface area (Å²) in [6.45, 7) is 4.82. The van der Waals surface area contributed by atoms with E-state index in [4.69, 9.17) is 15.9 Å². The molecule has 9 nitrogen and oxygen atoms in total. The van der Waals surface area contributed by atoms with E-state index < -0.39 is 29.5 Å². The minimum Gasteiger partial charge on any atom is -0.396 e. The molecule has 0 aliphatic heterocycles. The van der Waals surface area contributed by atoms with Gasteiger partial charge in [0.25, 0.3) is 0 Å². The van der Waals surface area contributed by atoms with Crippen LogP contribution in [0.4, 0.5) is 0 Å². The van der Waals surface area contributed by atoms with Crippen molar-refractivity contribution in [3.05, 3.63) is 0 Å². The first kappa shape index (κ1) is 29.6. The van der Waals surface area contributed by atoms with Crippen molar-refractivity contribution in [2.24, 2.45) is 11.7 Å². The standard InChI is InChI=1S/C21H41N3O6S/c1-6-8-18(27)23(4)17(14-31-10-7-9-15(12-25)13-26)20(29)24(5)16(19(22)28)11-21(2,3)30/h15-17,25-26,30H,6-14H2,1-5H3,(H2,22,28)/t16-,17+/m0/s1. The van der Waals surface area contributed by atoms with Crippen LogP contribution in [0.15, 0.2) is 0 Å². The summed E-state index contributed by atoms with van der Waals surface area (Å²) >= 11 is 1.50. The lowest BCUT2D eigenvalue weighted by atomic mass is 9.97. The molecule has 0 saturated carbocycles. The molecule has 0 aromatic carbocycles. The third-order valence-corrected chi connectivity index (χ3v) is 6.27. The van der Waals surface area contributed by atoms with Crippen LogP contribution in [0, 0.1) is 5.92 Å². The van der Waals surface area contributed by atoms with Crippen LogP contribution in [0.2, 0.25) is 0 Å². The van der Waals surface area contributed by atoms with E-state index in [0.717, 1.165) is 6.42 Å². The number of carbonyl (C=O) groups is 3. The number of hydrogen-bond donors (Lipinski definition) is 4. The van der Waals surface area contributed by atoms with E-state index in [9.17, 15) is 19.5 Å². The zero-order valence-electron chi connectivity index (χ0n) is 19.5. The van der Waals surface area contributed by atoms with Gasteiger partial charge in [-0.2, -0.15) is 11.8 Å². The molecule has 0 bridgehead atoms. The fraction of sp³-hybridized carbons (Fsp3) is 0.857. The summed E-state index contributed by atoms with van der Waals surface area (Å²) in [4.78, 5) is 40.3. The van der Waals surface area contributed by atoms with Gasteiger partial charge in [-0.3, -0.25) is 14.4 Å². The van der Waals surface area contributed by atoms with Crippen LogP contribution in [0.3, 0.4) is 0 Å². The van der Waals surface area contributed by atoms with Crippen molar-refractivity contribution in [2.45, 2.75) is 70.6 Å². The fourth-order valence-corrected chi connectivity index (χ4v) is 4.24. The number of nitrogens with zero attached hydrogens (tertiary/aromatic N) is 2. The lowest BCUT2D eigenvalue weighted by Crippen LogP contribution is -2.56. The topological polar surface area (TPSA) is 144 Å². The molecule has 0 radical (unpaired) electrons. The normalized spacial score (nSPS) is 13.7. The maximum atomic E-state index is 13.3. The quantitative estimate of drug-likeness (QED) is 0.239. The van der Waals surface area contributed by atoms with Crippen molar-refractivity contribution >= 4 is 29.5 Å². The predicted octanol–water partition coefficient (Wildman–Crippen LogP) is 0.201. The van der Waals surface area contributed by atoms with Crippen molar-refractivity contribution in [1.82, 2.24) is 9.80 Å². The number of likely N-dealkylation sites (N-methyl/N-ethyl adjacent to an activating group) is 2. The van der Waals surface area contributed by atoms with Crippen LogP contribution < -0.4 is 5.73 Å². The highest BCUT2D eigenvalue weighted by Crippen LogP contribution is 2.19. The molecule has 2 atom stereocenters. The van der Waals surface area contributed by atoms with Gasteiger partial charge in [0.2, 0.25) is 17.7 Å². The number of aliphatic hydroxyl groups excluding tert-OH is 2. The number of nitrogens with two attached hydrogens (primary N) is 1. The third kappa shape index (κ3) is 11.2. The van der Waals surface area contributed by atoms with E-state index in [1.54, 1.807) is 7.05 Å². The summed E-state index contributed by atoms with van der Waals surface area (Å²) < 4.78 is 0. The van der Waals surface area contributed by atoms with E-state index in [-0.39, 0.29) is 31.5 Å². The molecule has 0 aromatic rings. The molecule has 0 aromatic heterocycles. The highest BCUT2D eigenvalue weighted by molar-refractivity contribution is 7.99. The highest BCUT2D eigenvalue weighted by Gasteiger charge is 2.36. The smallest absolute Gasteiger partial charge is 0.246 e. The van der Waals surface area contributed by atoms with Crippen molar-refractivity contribution in [3.63, 3.8) is 0 Å². The Hall–Kier alpha value is -1.36. The molecule has 31 heavy (non-hydrogen) atoms. The lowest BCUT2D eigenvalue weighted by Gasteiger charge is -2.35. The molecule has 10 heteroatoms. The Morgan fingerprint density at radius 3 is 2.10 bits per heavy atom. The third-order valence-electron chi connectivity index (χ3n) is 5.14. The summed E-state index contributed by atoms with van der Waals surface area (Å²) in [5, 5.41) is 28.4. The molecule has 0 aliphatic rings. The summed E-state index contributed by atoms with van der Waals surface area (Å²) in [7, 11) is 3.05. The number of thioether (sulfide) groups is 1. The molecule has 0 spiro atoms. The average molecular weight is 464 g/mol. The first-order valence-corrected chi connectivity index (χ1v) is 11.9. The molecule has 3 amide bonds. The van der Waals surface area contributed by atoms with Gasteiger partial charge < -0.3 is 30.9 Å². The molecular formula is C21H41N3O6S. The summed E-state index contributed by atoms with van der Waals surface area (Å²) in [5.74, 6) is -0.402. The maximum Gasteiger partial charge on any atom is 0.246 e. The molecular weight excluding hydrogens is 422 g/mol. The monoisotopic (exact) mass is 463 g/mol. The lowest BCUT2D eigenvalue weighted by molar-refractivity contribution is -0.147. The molecule has 0 aliphatic carbocycles. The van der Waals surface area contributed by atoms with E-state index in [1.807, 2.05) is 6.92 Å². The molecule has 182 valence electrons. The predicted molar refractivity (Wildman–Crippen MR) is 122 cm³/mol. The summed E-state index contributed by atoms with van der Waals surface area (Å²) in [6, 6.07) is -1.77. The van der Waals surface area contributed by atoms with Crippen molar-refractivity contribution < 1.29 is 29.7 Å². The van der Waals surface area contributed by atoms with Crippen LogP contribution in [0.1, 0.15) is 52.9 Å². The number of aliphatic hydroxyl groups is 3. The number of primary amides is 1. The van der Waals surface area contributed by atoms with Gasteiger partial charge in [-0.05, 0) is 38.9 Å². The molecule has 0 heterocycles. The number of carbonyl (C=O) groups excluding carboxylic acids is 3. The number of rotatable bonds is 16. The largest absolute Gasteiger partial charge is 0.396 e. The Morgan fingerprint density at radius 2 is 1.65 bits per heavy atom. The van der Waals surface area contributed by atoms with Crippen molar-refractivity contribution in [2.75, 3.05) is 38.8 Å². The first-order valence-electron chi connectivity index (χ1n) is 10.7. The summed E-state index contributed by atoms with van der Waals surface area (Å²) in [6.07, 6.45) is 2.37. The van der Waals surface area contributed by atoms with Gasteiger partial charge in [0, 0.05) is 51.8 Å². The molecule has 0 saturated heterocycles. The van der Waals surface area contributed by atoms with E-state index in [0.29, 0.717) is 30.8 Å². The van der Waals surface area contributed by atoms with Gasteiger partial charge in [-0.15, -0.1) is 0 Å². The summed E-state index contributed by atoms with van der Waals surface area (Å²) in [5.41, 5.74) is 4.29. The Morgan fingerprint density at radius 1 is 1.06 bits per heavy atom. The first-order chi connectivity index (χ1) is 14.4. The second kappa shape index (κ2) is 14.7.